The summed E-state index contributed by atoms with van der Waals surface area (Å²) >= 11 is 0. The van der Waals surface area contributed by atoms with E-state index in [0.717, 1.165) is 5.56 Å². The molecule has 11 heavy (non-hydrogen) atoms. The van der Waals surface area contributed by atoms with Crippen LogP contribution in [0.15, 0.2) is 0 Å². The number of hydrogen-bond acceptors (Lipinski definition) is 2. The number of hydrogen-bond donors (Lipinski definition) is 2. The second-order valence-electron chi connectivity index (χ2n) is 2.70. The van der Waals surface area contributed by atoms with Crippen molar-refractivity contribution in [1.82, 2.24) is 0 Å². The van der Waals surface area contributed by atoms with Crippen LogP contribution in [0.3, 0.4) is 0 Å². The summed E-state index contributed by atoms with van der Waals surface area (Å²) in [5.41, 5.74) is 2.00. The van der Waals surface area contributed by atoms with Gasteiger partial charge in [0.15, 0.2) is 0 Å². The molecule has 0 aliphatic carbocycles. The van der Waals surface area contributed by atoms with E-state index in [0.29, 0.717) is 11.1 Å². The first kappa shape index (κ1) is 7.92. The van der Waals surface area contributed by atoms with Gasteiger partial charge in [0.2, 0.25) is 0 Å². The molecule has 1 radical (unpaired) electrons. The van der Waals surface area contributed by atoms with Crippen molar-refractivity contribution in [2.75, 3.05) is 0 Å². The summed E-state index contributed by atoms with van der Waals surface area (Å²) in [7, 11) is 0. The molecule has 0 atom stereocenters. The molecule has 0 aromatic heterocycles. The quantitative estimate of drug-likeness (QED) is 0.555. The van der Waals surface area contributed by atoms with Crippen molar-refractivity contribution in [2.24, 2.45) is 0 Å². The summed E-state index contributed by atoms with van der Waals surface area (Å²) in [4.78, 5) is 0. The maximum absolute atomic E-state index is 9.37. The number of benzene rings is 1. The topological polar surface area (TPSA) is 40.5 Å². The highest BCUT2D eigenvalue weighted by molar-refractivity contribution is 5.49. The molecule has 0 saturated carbocycles. The molecule has 2 N–H and O–H groups in total. The smallest absolute Gasteiger partial charge is 0.127 e. The minimum absolute atomic E-state index is 0.123. The molecular formula is C9H11O2. The van der Waals surface area contributed by atoms with Gasteiger partial charge in [0, 0.05) is 11.6 Å². The van der Waals surface area contributed by atoms with E-state index in [4.69, 9.17) is 0 Å². The Bertz CT molecular complexity index is 264. The van der Waals surface area contributed by atoms with Gasteiger partial charge in [0.25, 0.3) is 0 Å². The van der Waals surface area contributed by atoms with E-state index in [-0.39, 0.29) is 11.5 Å². The van der Waals surface area contributed by atoms with Gasteiger partial charge in [0.1, 0.15) is 11.5 Å². The molecule has 2 heteroatoms. The zero-order valence-electron chi connectivity index (χ0n) is 6.89. The minimum atomic E-state index is 0.123. The average molecular weight is 151 g/mol. The summed E-state index contributed by atoms with van der Waals surface area (Å²) < 4.78 is 0. The maximum atomic E-state index is 9.37. The molecule has 0 amide bonds. The highest BCUT2D eigenvalue weighted by Gasteiger charge is 2.07. The van der Waals surface area contributed by atoms with Crippen molar-refractivity contribution >= 4 is 0 Å². The molecule has 2 nitrogen and oxygen atoms in total. The molecule has 0 unspecified atom stereocenters. The van der Waals surface area contributed by atoms with Gasteiger partial charge in [-0.25, -0.2) is 0 Å². The Kier molecular flexibility index (Phi) is 1.77. The molecule has 0 aliphatic heterocycles. The minimum Gasteiger partial charge on any atom is -0.507 e. The fourth-order valence-electron chi connectivity index (χ4n) is 0.967. The lowest BCUT2D eigenvalue weighted by Crippen LogP contribution is -1.86. The van der Waals surface area contributed by atoms with Gasteiger partial charge in [-0.3, -0.25) is 0 Å². The van der Waals surface area contributed by atoms with Gasteiger partial charge in [-0.1, -0.05) is 0 Å². The highest BCUT2D eigenvalue weighted by atomic mass is 16.3. The first-order valence-corrected chi connectivity index (χ1v) is 3.45. The first-order chi connectivity index (χ1) is 5.04. The van der Waals surface area contributed by atoms with E-state index in [1.54, 1.807) is 20.8 Å². The Morgan fingerprint density at radius 1 is 1.00 bits per heavy atom. The van der Waals surface area contributed by atoms with Crippen LogP contribution in [0, 0.1) is 26.8 Å². The van der Waals surface area contributed by atoms with Crippen LogP contribution in [0.4, 0.5) is 0 Å². The van der Waals surface area contributed by atoms with Gasteiger partial charge in [-0.2, -0.15) is 0 Å². The van der Waals surface area contributed by atoms with Crippen molar-refractivity contribution in [3.8, 4) is 11.5 Å². The Labute approximate surface area is 66.1 Å². The lowest BCUT2D eigenvalue weighted by molar-refractivity contribution is 0.448. The van der Waals surface area contributed by atoms with Gasteiger partial charge in [-0.15, -0.1) is 0 Å². The molecule has 0 heterocycles. The predicted molar refractivity (Wildman–Crippen MR) is 42.8 cm³/mol. The second-order valence-corrected chi connectivity index (χ2v) is 2.70. The summed E-state index contributed by atoms with van der Waals surface area (Å²) in [6.45, 7) is 5.23. The molecule has 59 valence electrons. The van der Waals surface area contributed by atoms with Crippen molar-refractivity contribution in [2.45, 2.75) is 20.8 Å². The fourth-order valence-corrected chi connectivity index (χ4v) is 0.967. The van der Waals surface area contributed by atoms with E-state index in [2.05, 4.69) is 6.07 Å². The third-order valence-electron chi connectivity index (χ3n) is 1.93. The molecule has 1 aromatic rings. The number of phenols is 2. The van der Waals surface area contributed by atoms with Crippen LogP contribution in [0.5, 0.6) is 11.5 Å². The van der Waals surface area contributed by atoms with Crippen LogP contribution in [0.1, 0.15) is 16.7 Å². The molecule has 0 saturated heterocycles. The maximum Gasteiger partial charge on any atom is 0.127 e. The SMILES string of the molecule is Cc1[c]c(O)c(C)c(C)c1O. The largest absolute Gasteiger partial charge is 0.507 e. The molecule has 0 aliphatic rings. The van der Waals surface area contributed by atoms with Gasteiger partial charge in [0.05, 0.1) is 0 Å². The monoisotopic (exact) mass is 151 g/mol. The molecular weight excluding hydrogens is 140 g/mol. The van der Waals surface area contributed by atoms with Crippen LogP contribution in [-0.2, 0) is 0 Å². The van der Waals surface area contributed by atoms with E-state index in [1.165, 1.54) is 0 Å². The van der Waals surface area contributed by atoms with Crippen LogP contribution in [0.2, 0.25) is 0 Å². The Balaban J connectivity index is 3.46. The van der Waals surface area contributed by atoms with Gasteiger partial charge < -0.3 is 10.2 Å². The summed E-state index contributed by atoms with van der Waals surface area (Å²) in [6.07, 6.45) is 0. The van der Waals surface area contributed by atoms with Crippen LogP contribution < -0.4 is 0 Å². The average Bonchev–Trinajstić information content (AvgIpc) is 1.97. The van der Waals surface area contributed by atoms with Gasteiger partial charge in [-0.05, 0) is 31.9 Å². The van der Waals surface area contributed by atoms with E-state index >= 15 is 0 Å². The van der Waals surface area contributed by atoms with Crippen molar-refractivity contribution in [3.63, 3.8) is 0 Å². The molecule has 1 aromatic carbocycles. The number of phenolic OH excluding ortho intramolecular Hbond substituents is 2. The Morgan fingerprint density at radius 2 is 1.55 bits per heavy atom. The number of aromatic hydroxyl groups is 2. The van der Waals surface area contributed by atoms with Gasteiger partial charge >= 0.3 is 0 Å². The predicted octanol–water partition coefficient (Wildman–Crippen LogP) is 1.82. The molecule has 0 spiro atoms. The van der Waals surface area contributed by atoms with E-state index in [9.17, 15) is 10.2 Å². The van der Waals surface area contributed by atoms with Crippen LogP contribution >= 0.6 is 0 Å². The van der Waals surface area contributed by atoms with Crippen molar-refractivity contribution in [3.05, 3.63) is 22.8 Å². The molecule has 0 fully saturated rings. The zero-order valence-corrected chi connectivity index (χ0v) is 6.89. The number of rotatable bonds is 0. The lowest BCUT2D eigenvalue weighted by atomic mass is 10.0. The summed E-state index contributed by atoms with van der Waals surface area (Å²) in [6, 6.07) is 2.65. The zero-order chi connectivity index (χ0) is 8.59. The third kappa shape index (κ3) is 1.16. The van der Waals surface area contributed by atoms with E-state index < -0.39 is 0 Å². The highest BCUT2D eigenvalue weighted by Crippen LogP contribution is 2.30. The van der Waals surface area contributed by atoms with Crippen molar-refractivity contribution in [1.29, 1.82) is 0 Å². The summed E-state index contributed by atoms with van der Waals surface area (Å²) in [5, 5.41) is 18.6. The van der Waals surface area contributed by atoms with Crippen molar-refractivity contribution < 1.29 is 10.2 Å². The third-order valence-corrected chi connectivity index (χ3v) is 1.93. The lowest BCUT2D eigenvalue weighted by Gasteiger charge is -2.07. The van der Waals surface area contributed by atoms with Crippen LogP contribution in [0.25, 0.3) is 0 Å². The van der Waals surface area contributed by atoms with Crippen LogP contribution in [-0.4, -0.2) is 10.2 Å². The second kappa shape index (κ2) is 2.46. The van der Waals surface area contributed by atoms with E-state index in [1.807, 2.05) is 0 Å². The fraction of sp³-hybridized carbons (Fsp3) is 0.333. The Morgan fingerprint density at radius 3 is 2.09 bits per heavy atom. The number of aryl methyl sites for hydroxylation is 1. The normalized spacial score (nSPS) is 10.1. The summed E-state index contributed by atoms with van der Waals surface area (Å²) in [5.74, 6) is 0.345. The molecule has 1 rings (SSSR count). The first-order valence-electron chi connectivity index (χ1n) is 3.45. The standard InChI is InChI=1S/C9H11O2/c1-5-4-8(10)6(2)7(3)9(5)11/h10-11H,1-3H3. The molecule has 0 bridgehead atoms. The Hall–Kier alpha value is -1.18.